The summed E-state index contributed by atoms with van der Waals surface area (Å²) in [5, 5.41) is 0. The molecule has 2 saturated heterocycles. The second kappa shape index (κ2) is 9.13. The van der Waals surface area contributed by atoms with Crippen molar-refractivity contribution in [2.24, 2.45) is 0 Å². The van der Waals surface area contributed by atoms with Crippen LogP contribution < -0.4 is 0 Å². The number of morpholine rings is 1. The monoisotopic (exact) mass is 427 g/mol. The maximum atomic E-state index is 12.9. The number of thioether (sulfide) groups is 1. The zero-order chi connectivity index (χ0) is 20.3. The van der Waals surface area contributed by atoms with Crippen molar-refractivity contribution < 1.29 is 17.9 Å². The summed E-state index contributed by atoms with van der Waals surface area (Å²) in [4.78, 5) is 15.3. The lowest BCUT2D eigenvalue weighted by molar-refractivity contribution is -0.129. The molecule has 2 fully saturated rings. The Bertz CT molecular complexity index is 767. The molecule has 9 heteroatoms. The third kappa shape index (κ3) is 5.27. The first-order valence-electron chi connectivity index (χ1n) is 9.63. The topological polar surface area (TPSA) is 70.2 Å². The van der Waals surface area contributed by atoms with Gasteiger partial charge in [-0.1, -0.05) is 17.7 Å². The van der Waals surface area contributed by atoms with Gasteiger partial charge in [-0.05, 0) is 32.9 Å². The van der Waals surface area contributed by atoms with Gasteiger partial charge in [-0.2, -0.15) is 17.0 Å². The Morgan fingerprint density at radius 1 is 1.04 bits per heavy atom. The van der Waals surface area contributed by atoms with Crippen molar-refractivity contribution in [3.63, 3.8) is 0 Å². The first-order chi connectivity index (χ1) is 13.3. The van der Waals surface area contributed by atoms with Crippen LogP contribution in [0.2, 0.25) is 0 Å². The van der Waals surface area contributed by atoms with Gasteiger partial charge >= 0.3 is 0 Å². The third-order valence-electron chi connectivity index (χ3n) is 5.01. The zero-order valence-electron chi connectivity index (χ0n) is 16.7. The van der Waals surface area contributed by atoms with Gasteiger partial charge in [0.15, 0.2) is 0 Å². The molecule has 2 unspecified atom stereocenters. The van der Waals surface area contributed by atoms with Gasteiger partial charge in [-0.3, -0.25) is 4.79 Å². The smallest absolute Gasteiger partial charge is 0.282 e. The van der Waals surface area contributed by atoms with E-state index >= 15 is 0 Å². The van der Waals surface area contributed by atoms with Gasteiger partial charge in [0.25, 0.3) is 10.2 Å². The Morgan fingerprint density at radius 2 is 1.61 bits per heavy atom. The van der Waals surface area contributed by atoms with Crippen molar-refractivity contribution >= 4 is 27.9 Å². The average Bonchev–Trinajstić information content (AvgIpc) is 2.66. The van der Waals surface area contributed by atoms with Crippen LogP contribution in [0, 0.1) is 6.92 Å². The Hall–Kier alpha value is -1.13. The summed E-state index contributed by atoms with van der Waals surface area (Å²) < 4.78 is 34.5. The van der Waals surface area contributed by atoms with E-state index in [4.69, 9.17) is 4.74 Å². The number of rotatable bonds is 5. The number of benzene rings is 1. The highest BCUT2D eigenvalue weighted by Gasteiger charge is 2.37. The van der Waals surface area contributed by atoms with Crippen molar-refractivity contribution in [2.45, 2.75) is 37.9 Å². The largest absolute Gasteiger partial charge is 0.373 e. The molecule has 0 radical (unpaired) electrons. The van der Waals surface area contributed by atoms with E-state index in [1.54, 1.807) is 4.90 Å². The van der Waals surface area contributed by atoms with Crippen LogP contribution >= 0.6 is 11.8 Å². The van der Waals surface area contributed by atoms with Gasteiger partial charge in [0.2, 0.25) is 5.91 Å². The van der Waals surface area contributed by atoms with Crippen LogP contribution in [-0.4, -0.2) is 85.1 Å². The minimum atomic E-state index is -3.52. The molecule has 0 bridgehead atoms. The molecule has 0 saturated carbocycles. The molecule has 2 aliphatic heterocycles. The van der Waals surface area contributed by atoms with Crippen LogP contribution in [0.15, 0.2) is 29.2 Å². The maximum absolute atomic E-state index is 12.9. The standard InChI is InChI=1S/C19H29N3O4S2/c1-15-4-6-18(7-5-15)27-14-19(23)20-8-10-21(11-9-20)28(24,25)22-12-16(2)26-17(3)13-22/h4-7,16-17H,8-14H2,1-3H3. The molecule has 2 aliphatic rings. The second-order valence-electron chi connectivity index (χ2n) is 7.46. The number of ether oxygens (including phenoxy) is 1. The molecule has 0 aromatic heterocycles. The molecule has 0 aliphatic carbocycles. The molecule has 7 nitrogen and oxygen atoms in total. The fraction of sp³-hybridized carbons (Fsp3) is 0.632. The molecule has 1 aromatic carbocycles. The Labute approximate surface area is 172 Å². The molecule has 0 N–H and O–H groups in total. The summed E-state index contributed by atoms with van der Waals surface area (Å²) in [5.41, 5.74) is 1.19. The van der Waals surface area contributed by atoms with E-state index in [0.29, 0.717) is 45.0 Å². The van der Waals surface area contributed by atoms with Crippen molar-refractivity contribution in [1.82, 2.24) is 13.5 Å². The Morgan fingerprint density at radius 3 is 2.18 bits per heavy atom. The van der Waals surface area contributed by atoms with Crippen LogP contribution in [0.3, 0.4) is 0 Å². The van der Waals surface area contributed by atoms with Gasteiger partial charge < -0.3 is 9.64 Å². The number of carbonyl (C=O) groups is 1. The minimum Gasteiger partial charge on any atom is -0.373 e. The summed E-state index contributed by atoms with van der Waals surface area (Å²) >= 11 is 1.52. The Kier molecular flexibility index (Phi) is 7.03. The number of piperazine rings is 1. The molecular formula is C19H29N3O4S2. The van der Waals surface area contributed by atoms with Crippen molar-refractivity contribution in [1.29, 1.82) is 0 Å². The number of hydrogen-bond acceptors (Lipinski definition) is 5. The van der Waals surface area contributed by atoms with Crippen LogP contribution in [0.4, 0.5) is 0 Å². The lowest BCUT2D eigenvalue weighted by Crippen LogP contribution is -2.57. The average molecular weight is 428 g/mol. The molecule has 2 heterocycles. The van der Waals surface area contributed by atoms with Crippen LogP contribution in [0.25, 0.3) is 0 Å². The summed E-state index contributed by atoms with van der Waals surface area (Å²) in [6, 6.07) is 8.10. The van der Waals surface area contributed by atoms with Gasteiger partial charge in [-0.25, -0.2) is 0 Å². The summed E-state index contributed by atoms with van der Waals surface area (Å²) in [5.74, 6) is 0.421. The van der Waals surface area contributed by atoms with E-state index < -0.39 is 10.2 Å². The van der Waals surface area contributed by atoms with E-state index in [-0.39, 0.29) is 18.1 Å². The van der Waals surface area contributed by atoms with E-state index in [1.165, 1.54) is 25.9 Å². The molecule has 2 atom stereocenters. The highest BCUT2D eigenvalue weighted by Crippen LogP contribution is 2.21. The normalized spacial score (nSPS) is 25.0. The zero-order valence-corrected chi connectivity index (χ0v) is 18.3. The predicted molar refractivity (Wildman–Crippen MR) is 111 cm³/mol. The Balaban J connectivity index is 1.50. The van der Waals surface area contributed by atoms with Crippen LogP contribution in [0.5, 0.6) is 0 Å². The van der Waals surface area contributed by atoms with E-state index in [2.05, 4.69) is 0 Å². The molecule has 156 valence electrons. The third-order valence-corrected chi connectivity index (χ3v) is 7.98. The molecule has 1 aromatic rings. The van der Waals surface area contributed by atoms with Gasteiger partial charge in [0, 0.05) is 44.2 Å². The maximum Gasteiger partial charge on any atom is 0.282 e. The number of nitrogens with zero attached hydrogens (tertiary/aromatic N) is 3. The SMILES string of the molecule is Cc1ccc(SCC(=O)N2CCN(S(=O)(=O)N3CC(C)OC(C)C3)CC2)cc1. The summed E-state index contributed by atoms with van der Waals surface area (Å²) in [7, 11) is -3.52. The molecular weight excluding hydrogens is 398 g/mol. The van der Waals surface area contributed by atoms with Crippen molar-refractivity contribution in [3.05, 3.63) is 29.8 Å². The van der Waals surface area contributed by atoms with E-state index in [0.717, 1.165) is 4.90 Å². The molecule has 3 rings (SSSR count). The fourth-order valence-corrected chi connectivity index (χ4v) is 6.07. The van der Waals surface area contributed by atoms with Crippen LogP contribution in [0.1, 0.15) is 19.4 Å². The summed E-state index contributed by atoms with van der Waals surface area (Å²) in [6.07, 6.45) is -0.222. The van der Waals surface area contributed by atoms with Crippen molar-refractivity contribution in [2.75, 3.05) is 45.0 Å². The molecule has 28 heavy (non-hydrogen) atoms. The van der Waals surface area contributed by atoms with Crippen molar-refractivity contribution in [3.8, 4) is 0 Å². The van der Waals surface area contributed by atoms with Gasteiger partial charge in [0.1, 0.15) is 0 Å². The first-order valence-corrected chi connectivity index (χ1v) is 12.0. The first kappa shape index (κ1) is 21.6. The number of aryl methyl sites for hydroxylation is 1. The second-order valence-corrected chi connectivity index (χ2v) is 10.4. The lowest BCUT2D eigenvalue weighted by Gasteiger charge is -2.40. The highest BCUT2D eigenvalue weighted by atomic mass is 32.2. The number of hydrogen-bond donors (Lipinski definition) is 0. The van der Waals surface area contributed by atoms with E-state index in [9.17, 15) is 13.2 Å². The number of carbonyl (C=O) groups excluding carboxylic acids is 1. The molecule has 0 spiro atoms. The predicted octanol–water partition coefficient (Wildman–Crippen LogP) is 1.59. The fourth-order valence-electron chi connectivity index (χ4n) is 3.52. The van der Waals surface area contributed by atoms with E-state index in [1.807, 2.05) is 45.0 Å². The highest BCUT2D eigenvalue weighted by molar-refractivity contribution is 8.00. The number of amides is 1. The van der Waals surface area contributed by atoms with Gasteiger partial charge in [0.05, 0.1) is 18.0 Å². The quantitative estimate of drug-likeness (QED) is 0.668. The minimum absolute atomic E-state index is 0.0521. The lowest BCUT2D eigenvalue weighted by atomic mass is 10.2. The van der Waals surface area contributed by atoms with Crippen LogP contribution in [-0.2, 0) is 19.7 Å². The summed E-state index contributed by atoms with van der Waals surface area (Å²) in [6.45, 7) is 8.10. The molecule has 1 amide bonds. The van der Waals surface area contributed by atoms with Gasteiger partial charge in [-0.15, -0.1) is 11.8 Å².